The number of carboxylic acid groups (broad SMARTS) is 1. The van der Waals surface area contributed by atoms with Crippen molar-refractivity contribution >= 4 is 5.97 Å². The maximum absolute atomic E-state index is 12.2. The highest BCUT2D eigenvalue weighted by molar-refractivity contribution is 5.70. The summed E-state index contributed by atoms with van der Waals surface area (Å²) in [7, 11) is 4.97. The first-order valence-corrected chi connectivity index (χ1v) is 22.5. The van der Waals surface area contributed by atoms with E-state index >= 15 is 0 Å². The van der Waals surface area contributed by atoms with Crippen molar-refractivity contribution in [3.63, 3.8) is 0 Å². The Morgan fingerprint density at radius 1 is 0.864 bits per heavy atom. The third-order valence-corrected chi connectivity index (χ3v) is 15.9. The molecule has 0 amide bonds. The van der Waals surface area contributed by atoms with Gasteiger partial charge in [0.2, 0.25) is 0 Å². The average Bonchev–Trinajstić information content (AvgIpc) is 3.92. The average molecular weight is 843 g/mol. The molecule has 0 aromatic heterocycles. The van der Waals surface area contributed by atoms with Crippen LogP contribution in [-0.2, 0) is 52.2 Å². The van der Waals surface area contributed by atoms with Crippen LogP contribution in [0, 0.1) is 35.5 Å². The third kappa shape index (κ3) is 8.43. The molecule has 342 valence electrons. The summed E-state index contributed by atoms with van der Waals surface area (Å²) < 4.78 is 66.2. The first-order valence-electron chi connectivity index (χ1n) is 22.5. The number of hydrogen-bond acceptors (Lipinski definition) is 13. The summed E-state index contributed by atoms with van der Waals surface area (Å²) in [6.45, 7) is 21.9. The van der Waals surface area contributed by atoms with Crippen molar-refractivity contribution in [3.8, 4) is 0 Å². The molecule has 6 saturated heterocycles. The van der Waals surface area contributed by atoms with E-state index in [2.05, 4.69) is 34.6 Å². The smallest absolute Gasteiger partial charge is 0.308 e. The fourth-order valence-corrected chi connectivity index (χ4v) is 12.5. The molecule has 0 unspecified atom stereocenters. The van der Waals surface area contributed by atoms with Gasteiger partial charge in [0.15, 0.2) is 17.9 Å². The highest BCUT2D eigenvalue weighted by Gasteiger charge is 2.67. The summed E-state index contributed by atoms with van der Waals surface area (Å²) in [5.74, 6) is -5.11. The van der Waals surface area contributed by atoms with Crippen LogP contribution in [0.2, 0.25) is 0 Å². The molecule has 0 aromatic carbocycles. The Kier molecular flexibility index (Phi) is 14.1. The lowest BCUT2D eigenvalue weighted by Crippen LogP contribution is -2.62. The van der Waals surface area contributed by atoms with E-state index in [1.165, 1.54) is 0 Å². The van der Waals surface area contributed by atoms with Gasteiger partial charge >= 0.3 is 5.97 Å². The second kappa shape index (κ2) is 17.5. The molecule has 3 N–H and O–H groups in total. The van der Waals surface area contributed by atoms with Gasteiger partial charge in [-0.1, -0.05) is 41.5 Å². The number of aliphatic hydroxyl groups is 2. The summed E-state index contributed by atoms with van der Waals surface area (Å²) in [6.07, 6.45) is 0.0453. The maximum atomic E-state index is 12.2. The normalized spacial score (nSPS) is 51.2. The van der Waals surface area contributed by atoms with E-state index < -0.39 is 89.3 Å². The monoisotopic (exact) mass is 843 g/mol. The molecule has 6 rings (SSSR count). The van der Waals surface area contributed by atoms with Crippen LogP contribution >= 0.6 is 0 Å². The number of hydrogen-bond donors (Lipinski definition) is 3. The summed E-state index contributed by atoms with van der Waals surface area (Å²) in [4.78, 5) is 12.1. The van der Waals surface area contributed by atoms with Crippen LogP contribution in [0.3, 0.4) is 0 Å². The first kappa shape index (κ1) is 47.5. The van der Waals surface area contributed by atoms with Gasteiger partial charge in [-0.2, -0.15) is 0 Å². The van der Waals surface area contributed by atoms with Crippen molar-refractivity contribution < 1.29 is 67.5 Å². The fourth-order valence-electron chi connectivity index (χ4n) is 12.5. The number of carbonyl (C=O) groups is 1. The Morgan fingerprint density at radius 3 is 2.15 bits per heavy atom. The Hall–Kier alpha value is -1.01. The molecule has 0 saturated carbocycles. The minimum atomic E-state index is -1.57. The largest absolute Gasteiger partial charge is 0.481 e. The van der Waals surface area contributed by atoms with Crippen LogP contribution in [0.15, 0.2) is 0 Å². The van der Waals surface area contributed by atoms with Crippen LogP contribution in [0.5, 0.6) is 0 Å². The summed E-state index contributed by atoms with van der Waals surface area (Å²) in [5, 5.41) is 33.0. The Balaban J connectivity index is 1.29. The molecule has 59 heavy (non-hydrogen) atoms. The van der Waals surface area contributed by atoms with Gasteiger partial charge in [0, 0.05) is 64.3 Å². The zero-order chi connectivity index (χ0) is 43.6. The Morgan fingerprint density at radius 2 is 1.56 bits per heavy atom. The van der Waals surface area contributed by atoms with E-state index in [9.17, 15) is 20.1 Å². The van der Waals surface area contributed by atoms with Crippen molar-refractivity contribution in [1.29, 1.82) is 0 Å². The van der Waals surface area contributed by atoms with E-state index in [-0.39, 0.29) is 47.9 Å². The lowest BCUT2D eigenvalue weighted by Gasteiger charge is -2.53. The summed E-state index contributed by atoms with van der Waals surface area (Å²) >= 11 is 0. The van der Waals surface area contributed by atoms with Gasteiger partial charge in [0.1, 0.15) is 12.2 Å². The van der Waals surface area contributed by atoms with Crippen molar-refractivity contribution in [1.82, 2.24) is 0 Å². The van der Waals surface area contributed by atoms with Crippen LogP contribution in [0.1, 0.15) is 128 Å². The molecule has 0 aromatic rings. The second-order valence-corrected chi connectivity index (χ2v) is 20.1. The molecular weight excluding hydrogens is 764 g/mol. The second-order valence-electron chi connectivity index (χ2n) is 20.1. The Labute approximate surface area is 352 Å². The van der Waals surface area contributed by atoms with Crippen LogP contribution in [-0.4, -0.2) is 138 Å². The SMILES string of the molecule is CC[C@H](O)[C@@]1(C)C[C@@H](C)[C@](O)([C@@H]2C[C@@H](C)[C@H]([C@]3(C)C[C@@H](O[C@@H]4CC[C@H](OC)[C@@H](C)O4)[C@@H]([C@]4(C)CC[C@]5(O[C@@H]([C@@H](C)[C@H](OC)[C@H](C)C(=O)O)[C@@H](C)[C@H](OC)[C@H]5C)O4)O3)O2)O1. The molecule has 22 atom stereocenters. The van der Waals surface area contributed by atoms with Crippen molar-refractivity contribution in [2.75, 3.05) is 21.3 Å². The number of methoxy groups -OCH3 is 3. The molecule has 0 radical (unpaired) electrons. The van der Waals surface area contributed by atoms with Gasteiger partial charge in [-0.15, -0.1) is 0 Å². The van der Waals surface area contributed by atoms with Gasteiger partial charge in [-0.3, -0.25) is 4.79 Å². The topological polar surface area (TPSA) is 170 Å². The maximum Gasteiger partial charge on any atom is 0.308 e. The Bertz CT molecular complexity index is 1450. The molecule has 6 fully saturated rings. The summed E-state index contributed by atoms with van der Waals surface area (Å²) in [5.41, 5.74) is -2.61. The molecular formula is C45H78O14. The zero-order valence-corrected chi connectivity index (χ0v) is 38.3. The van der Waals surface area contributed by atoms with Gasteiger partial charge in [0.05, 0.1) is 71.6 Å². The zero-order valence-electron chi connectivity index (χ0n) is 38.3. The number of ether oxygens (including phenoxy) is 10. The fraction of sp³-hybridized carbons (Fsp3) is 0.978. The van der Waals surface area contributed by atoms with Gasteiger partial charge in [-0.05, 0) is 72.6 Å². The summed E-state index contributed by atoms with van der Waals surface area (Å²) in [6, 6.07) is 0. The number of rotatable bonds is 14. The van der Waals surface area contributed by atoms with E-state index in [1.54, 1.807) is 28.3 Å². The molecule has 0 bridgehead atoms. The number of aliphatic carboxylic acids is 1. The van der Waals surface area contributed by atoms with Gasteiger partial charge in [0.25, 0.3) is 0 Å². The van der Waals surface area contributed by atoms with Gasteiger partial charge in [-0.25, -0.2) is 0 Å². The lowest BCUT2D eigenvalue weighted by molar-refractivity contribution is -0.363. The minimum absolute atomic E-state index is 0.000873. The molecule has 14 nitrogen and oxygen atoms in total. The molecule has 6 aliphatic rings. The molecule has 0 aliphatic carbocycles. The predicted molar refractivity (Wildman–Crippen MR) is 216 cm³/mol. The van der Waals surface area contributed by atoms with E-state index in [0.29, 0.717) is 44.9 Å². The number of carboxylic acids is 1. The molecule has 1 spiro atoms. The van der Waals surface area contributed by atoms with E-state index in [4.69, 9.17) is 47.4 Å². The predicted octanol–water partition coefficient (Wildman–Crippen LogP) is 5.85. The van der Waals surface area contributed by atoms with Crippen LogP contribution < -0.4 is 0 Å². The molecule has 14 heteroatoms. The first-order chi connectivity index (χ1) is 27.6. The standard InChI is InChI=1S/C45H78O14/c1-15-32(46)42(10)21-24(3)45(49,59-42)33-20-23(2)38(55-33)43(11)22-31(54-34-17-16-30(50-12)29(8)53-34)39(57-43)41(9)18-19-44(58-41)28(7)37(52-14)26(5)36(56-44)25(4)35(51-13)27(6)40(47)48/h23-39,46,49H,15-22H2,1-14H3,(H,47,48)/t23-,24-,25+,26-,27+,28-,29-,30+,31-,32+,33+,34-,35+,36+,37+,38-,39+,41+,42-,43+,44+,45-/m1/s1. The van der Waals surface area contributed by atoms with Crippen molar-refractivity contribution in [3.05, 3.63) is 0 Å². The van der Waals surface area contributed by atoms with Crippen LogP contribution in [0.25, 0.3) is 0 Å². The van der Waals surface area contributed by atoms with Crippen LogP contribution in [0.4, 0.5) is 0 Å². The quantitative estimate of drug-likeness (QED) is 0.190. The minimum Gasteiger partial charge on any atom is -0.481 e. The lowest BCUT2D eigenvalue weighted by atomic mass is 9.74. The number of aliphatic hydroxyl groups excluding tert-OH is 1. The third-order valence-electron chi connectivity index (χ3n) is 15.9. The van der Waals surface area contributed by atoms with Crippen molar-refractivity contribution in [2.24, 2.45) is 35.5 Å². The van der Waals surface area contributed by atoms with E-state index in [1.807, 2.05) is 34.6 Å². The molecule has 6 heterocycles. The van der Waals surface area contributed by atoms with Crippen molar-refractivity contribution in [2.45, 2.75) is 223 Å². The van der Waals surface area contributed by atoms with Gasteiger partial charge < -0.3 is 62.7 Å². The molecule has 6 aliphatic heterocycles. The highest BCUT2D eigenvalue weighted by Crippen LogP contribution is 2.57. The highest BCUT2D eigenvalue weighted by atomic mass is 16.7. The van der Waals surface area contributed by atoms with E-state index in [0.717, 1.165) is 6.42 Å².